The Morgan fingerprint density at radius 2 is 1.94 bits per heavy atom. The standard InChI is InChI=1S/C28H37N5O3/c1-21-9-13-29-26(31-21)23-18-33(19-23)25(34)20-32-15-11-28(12-16-32)10-5-4-7-22-6-2-3-8-24(22)36-17-14-30-27(28)35/h2-3,6,8-9,13,23H,4-5,7,10-12,14-20H2,1H3,(H,30,35). The van der Waals surface area contributed by atoms with E-state index in [9.17, 15) is 9.59 Å². The van der Waals surface area contributed by atoms with Crippen molar-refractivity contribution in [1.82, 2.24) is 25.1 Å². The third kappa shape index (κ3) is 5.53. The summed E-state index contributed by atoms with van der Waals surface area (Å²) in [7, 11) is 0. The van der Waals surface area contributed by atoms with Crippen LogP contribution in [0.3, 0.4) is 0 Å². The summed E-state index contributed by atoms with van der Waals surface area (Å²) >= 11 is 0. The summed E-state index contributed by atoms with van der Waals surface area (Å²) in [5.41, 5.74) is 1.86. The number of piperidine rings is 1. The van der Waals surface area contributed by atoms with Crippen LogP contribution in [0.2, 0.25) is 0 Å². The van der Waals surface area contributed by atoms with E-state index in [0.717, 1.165) is 68.9 Å². The molecule has 0 unspecified atom stereocenters. The van der Waals surface area contributed by atoms with Crippen LogP contribution in [0.5, 0.6) is 5.75 Å². The lowest BCUT2D eigenvalue weighted by molar-refractivity contribution is -0.139. The molecule has 192 valence electrons. The van der Waals surface area contributed by atoms with Crippen LogP contribution in [0, 0.1) is 12.3 Å². The van der Waals surface area contributed by atoms with Crippen LogP contribution in [-0.2, 0) is 16.0 Å². The van der Waals surface area contributed by atoms with Crippen LogP contribution in [0.4, 0.5) is 0 Å². The van der Waals surface area contributed by atoms with Gasteiger partial charge in [0.15, 0.2) is 0 Å². The fraction of sp³-hybridized carbons (Fsp3) is 0.571. The minimum Gasteiger partial charge on any atom is -0.491 e. The van der Waals surface area contributed by atoms with E-state index in [1.807, 2.05) is 30.0 Å². The number of aromatic nitrogens is 2. The zero-order valence-electron chi connectivity index (χ0n) is 21.2. The van der Waals surface area contributed by atoms with Crippen molar-refractivity contribution in [3.63, 3.8) is 0 Å². The second kappa shape index (κ2) is 10.9. The number of aryl methyl sites for hydroxylation is 2. The lowest BCUT2D eigenvalue weighted by Gasteiger charge is -2.43. The minimum absolute atomic E-state index is 0.148. The van der Waals surface area contributed by atoms with Gasteiger partial charge in [-0.3, -0.25) is 14.5 Å². The maximum absolute atomic E-state index is 13.3. The van der Waals surface area contributed by atoms with Gasteiger partial charge in [0.05, 0.1) is 24.4 Å². The van der Waals surface area contributed by atoms with Crippen molar-refractivity contribution in [3.05, 3.63) is 53.6 Å². The number of hydrogen-bond donors (Lipinski definition) is 1. The molecule has 36 heavy (non-hydrogen) atoms. The van der Waals surface area contributed by atoms with E-state index in [0.29, 0.717) is 32.8 Å². The van der Waals surface area contributed by atoms with E-state index in [4.69, 9.17) is 4.74 Å². The Morgan fingerprint density at radius 1 is 1.14 bits per heavy atom. The summed E-state index contributed by atoms with van der Waals surface area (Å²) in [6, 6.07) is 10.1. The molecule has 4 heterocycles. The quantitative estimate of drug-likeness (QED) is 0.711. The number of fused-ring (bicyclic) bond motifs is 1. The lowest BCUT2D eigenvalue weighted by atomic mass is 9.73. The third-order valence-corrected chi connectivity index (χ3v) is 8.04. The molecule has 0 radical (unpaired) electrons. The molecule has 0 saturated carbocycles. The van der Waals surface area contributed by atoms with E-state index in [2.05, 4.69) is 32.3 Å². The first-order chi connectivity index (χ1) is 17.5. The highest BCUT2D eigenvalue weighted by atomic mass is 16.5. The molecule has 3 aliphatic rings. The molecule has 1 aromatic heterocycles. The maximum Gasteiger partial charge on any atom is 0.236 e. The largest absolute Gasteiger partial charge is 0.491 e. The van der Waals surface area contributed by atoms with Crippen LogP contribution < -0.4 is 10.1 Å². The molecule has 1 aromatic carbocycles. The van der Waals surface area contributed by atoms with Gasteiger partial charge in [0.25, 0.3) is 0 Å². The molecular formula is C28H37N5O3. The highest BCUT2D eigenvalue weighted by Gasteiger charge is 2.42. The monoisotopic (exact) mass is 491 g/mol. The Labute approximate surface area is 213 Å². The number of rotatable bonds is 3. The van der Waals surface area contributed by atoms with E-state index >= 15 is 0 Å². The van der Waals surface area contributed by atoms with Crippen molar-refractivity contribution in [3.8, 4) is 5.75 Å². The SMILES string of the molecule is Cc1ccnc(C2CN(C(=O)CN3CCC4(CCCCc5ccccc5OCCNC4=O)CC3)C2)n1. The number of ether oxygens (including phenoxy) is 1. The van der Waals surface area contributed by atoms with Crippen molar-refractivity contribution in [2.45, 2.75) is 51.4 Å². The molecule has 1 spiro atoms. The van der Waals surface area contributed by atoms with Crippen molar-refractivity contribution < 1.29 is 14.3 Å². The Hall–Kier alpha value is -3.00. The number of benzene rings is 1. The summed E-state index contributed by atoms with van der Waals surface area (Å²) in [5.74, 6) is 2.30. The molecule has 5 rings (SSSR count). The summed E-state index contributed by atoms with van der Waals surface area (Å²) < 4.78 is 5.95. The second-order valence-corrected chi connectivity index (χ2v) is 10.5. The molecule has 2 amide bonds. The van der Waals surface area contributed by atoms with Crippen LogP contribution in [0.1, 0.15) is 55.1 Å². The molecule has 2 saturated heterocycles. The van der Waals surface area contributed by atoms with Gasteiger partial charge >= 0.3 is 0 Å². The van der Waals surface area contributed by atoms with Crippen molar-refractivity contribution in [2.75, 3.05) is 45.9 Å². The number of amides is 2. The first kappa shape index (κ1) is 24.7. The molecule has 0 bridgehead atoms. The van der Waals surface area contributed by atoms with Gasteiger partial charge in [0.2, 0.25) is 11.8 Å². The number of hydrogen-bond acceptors (Lipinski definition) is 6. The van der Waals surface area contributed by atoms with E-state index in [1.165, 1.54) is 5.56 Å². The highest BCUT2D eigenvalue weighted by molar-refractivity contribution is 5.83. The first-order valence-electron chi connectivity index (χ1n) is 13.3. The summed E-state index contributed by atoms with van der Waals surface area (Å²) in [6.45, 7) is 6.30. The Kier molecular flexibility index (Phi) is 7.51. The maximum atomic E-state index is 13.3. The van der Waals surface area contributed by atoms with Gasteiger partial charge in [0.1, 0.15) is 18.2 Å². The summed E-state index contributed by atoms with van der Waals surface area (Å²) in [6.07, 6.45) is 7.30. The Morgan fingerprint density at radius 3 is 2.75 bits per heavy atom. The zero-order valence-corrected chi connectivity index (χ0v) is 21.2. The number of carbonyl (C=O) groups is 2. The molecular weight excluding hydrogens is 454 g/mol. The van der Waals surface area contributed by atoms with Crippen LogP contribution in [-0.4, -0.2) is 77.5 Å². The molecule has 1 N–H and O–H groups in total. The molecule has 8 nitrogen and oxygen atoms in total. The normalized spacial score (nSPS) is 21.4. The summed E-state index contributed by atoms with van der Waals surface area (Å²) in [4.78, 5) is 39.1. The van der Waals surface area contributed by atoms with E-state index in [-0.39, 0.29) is 23.1 Å². The lowest BCUT2D eigenvalue weighted by Crippen LogP contribution is -2.54. The average molecular weight is 492 g/mol. The average Bonchev–Trinajstić information content (AvgIpc) is 2.84. The topological polar surface area (TPSA) is 87.7 Å². The number of likely N-dealkylation sites (tertiary alicyclic amines) is 2. The Bertz CT molecular complexity index is 1080. The predicted octanol–water partition coefficient (Wildman–Crippen LogP) is 2.71. The molecule has 0 aliphatic carbocycles. The minimum atomic E-state index is -0.345. The molecule has 2 aromatic rings. The molecule has 3 aliphatic heterocycles. The second-order valence-electron chi connectivity index (χ2n) is 10.5. The van der Waals surface area contributed by atoms with Gasteiger partial charge in [0, 0.05) is 25.0 Å². The van der Waals surface area contributed by atoms with Gasteiger partial charge in [-0.1, -0.05) is 24.6 Å². The van der Waals surface area contributed by atoms with Gasteiger partial charge in [-0.2, -0.15) is 0 Å². The van der Waals surface area contributed by atoms with Gasteiger partial charge < -0.3 is 15.0 Å². The first-order valence-corrected chi connectivity index (χ1v) is 13.3. The predicted molar refractivity (Wildman–Crippen MR) is 137 cm³/mol. The van der Waals surface area contributed by atoms with E-state index < -0.39 is 0 Å². The van der Waals surface area contributed by atoms with Crippen LogP contribution in [0.15, 0.2) is 36.5 Å². The fourth-order valence-electron chi connectivity index (χ4n) is 5.67. The third-order valence-electron chi connectivity index (χ3n) is 8.04. The molecule has 0 atom stereocenters. The van der Waals surface area contributed by atoms with Gasteiger partial charge in [-0.05, 0) is 69.8 Å². The number of nitrogens with zero attached hydrogens (tertiary/aromatic N) is 4. The number of nitrogens with one attached hydrogen (secondary N) is 1. The van der Waals surface area contributed by atoms with Crippen molar-refractivity contribution in [1.29, 1.82) is 0 Å². The van der Waals surface area contributed by atoms with Gasteiger partial charge in [-0.15, -0.1) is 0 Å². The Balaban J connectivity index is 1.12. The van der Waals surface area contributed by atoms with Crippen molar-refractivity contribution in [2.24, 2.45) is 5.41 Å². The number of para-hydroxylation sites is 1. The van der Waals surface area contributed by atoms with Crippen LogP contribution >= 0.6 is 0 Å². The fourth-order valence-corrected chi connectivity index (χ4v) is 5.67. The van der Waals surface area contributed by atoms with Crippen molar-refractivity contribution >= 4 is 11.8 Å². The number of carbonyl (C=O) groups excluding carboxylic acids is 2. The van der Waals surface area contributed by atoms with Gasteiger partial charge in [-0.25, -0.2) is 9.97 Å². The highest BCUT2D eigenvalue weighted by Crippen LogP contribution is 2.38. The van der Waals surface area contributed by atoms with Crippen LogP contribution in [0.25, 0.3) is 0 Å². The summed E-state index contributed by atoms with van der Waals surface area (Å²) in [5, 5.41) is 3.14. The molecule has 8 heteroatoms. The molecule has 2 fully saturated rings. The van der Waals surface area contributed by atoms with E-state index in [1.54, 1.807) is 6.20 Å². The zero-order chi connectivity index (χ0) is 25.0. The smallest absolute Gasteiger partial charge is 0.236 e.